The van der Waals surface area contributed by atoms with Gasteiger partial charge in [-0.15, -0.1) is 23.1 Å². The topological polar surface area (TPSA) is 48.5 Å². The molecule has 5 aromatic carbocycles. The van der Waals surface area contributed by atoms with Gasteiger partial charge in [-0.2, -0.15) is 0 Å². The number of fused-ring (bicyclic) bond motifs is 14. The number of rotatable bonds is 5. The van der Waals surface area contributed by atoms with Gasteiger partial charge in [-0.05, 0) is 120 Å². The van der Waals surface area contributed by atoms with Crippen molar-refractivity contribution < 1.29 is 0 Å². The standard InChI is InChI=1S/C57H37N5S2/c1-5-19-48-42(15-1)54-50(25-23-40-38-13-3-7-21-52(38)63-56(40)54)61(48)36-29-34(35-31-46(44-17-9-11-27-58-44)60-47(32-35)45-18-10-12-28-59-45)30-37(33-36)62-49-20-6-2-16-43(49)55-51(62)26-24-41-39-14-4-8-22-53(39)64-57(41)55/h1-5,7-19,21-33,40,56H,6,20H2. The number of thioether (sulfide) groups is 1. The highest BCUT2D eigenvalue weighted by Crippen LogP contribution is 2.59. The number of hydrogen-bond acceptors (Lipinski definition) is 5. The molecule has 64 heavy (non-hydrogen) atoms. The largest absolute Gasteiger partial charge is 0.313 e. The van der Waals surface area contributed by atoms with Crippen LogP contribution >= 0.6 is 23.1 Å². The summed E-state index contributed by atoms with van der Waals surface area (Å²) in [6, 6.07) is 55.2. The van der Waals surface area contributed by atoms with E-state index in [-0.39, 0.29) is 0 Å². The smallest absolute Gasteiger partial charge is 0.0900 e. The Bertz CT molecular complexity index is 3720. The van der Waals surface area contributed by atoms with Gasteiger partial charge in [0.25, 0.3) is 0 Å². The average molecular weight is 856 g/mol. The minimum Gasteiger partial charge on any atom is -0.313 e. The molecule has 7 heterocycles. The summed E-state index contributed by atoms with van der Waals surface area (Å²) in [5.41, 5.74) is 16.9. The summed E-state index contributed by atoms with van der Waals surface area (Å²) < 4.78 is 7.77. The predicted molar refractivity (Wildman–Crippen MR) is 267 cm³/mol. The van der Waals surface area contributed by atoms with E-state index in [1.807, 2.05) is 71.9 Å². The number of benzene rings is 5. The SMILES string of the molecule is C1=Cc2c(n(-c3cc(-c4cc(-c5ccccn5)nc(-c5ccccn5)c4)cc(-n4c5c(c6ccccc64)C4Sc6ccccc6C4C=C5)c3)c3ccc4c5ccccc5sc4c23)CC1. The summed E-state index contributed by atoms with van der Waals surface area (Å²) in [6.07, 6.45) is 15.2. The van der Waals surface area contributed by atoms with E-state index in [1.54, 1.807) is 0 Å². The maximum atomic E-state index is 5.18. The number of para-hydroxylation sites is 1. The number of thiophene rings is 1. The highest BCUT2D eigenvalue weighted by atomic mass is 32.2. The van der Waals surface area contributed by atoms with Crippen LogP contribution in [0.1, 0.15) is 45.7 Å². The van der Waals surface area contributed by atoms with Crippen LogP contribution in [0.3, 0.4) is 0 Å². The molecule has 0 saturated heterocycles. The molecule has 0 radical (unpaired) electrons. The molecule has 5 nitrogen and oxygen atoms in total. The van der Waals surface area contributed by atoms with Crippen molar-refractivity contribution in [1.29, 1.82) is 0 Å². The zero-order valence-electron chi connectivity index (χ0n) is 34.5. The predicted octanol–water partition coefficient (Wildman–Crippen LogP) is 15.0. The Morgan fingerprint density at radius 2 is 1.30 bits per heavy atom. The molecule has 11 aromatic rings. The molecule has 7 heteroatoms. The summed E-state index contributed by atoms with van der Waals surface area (Å²) in [5.74, 6) is 0.332. The molecular weight excluding hydrogens is 819 g/mol. The Balaban J connectivity index is 1.06. The van der Waals surface area contributed by atoms with Crippen LogP contribution in [0.5, 0.6) is 0 Å². The summed E-state index contributed by atoms with van der Waals surface area (Å²) >= 11 is 3.93. The van der Waals surface area contributed by atoms with E-state index >= 15 is 0 Å². The fraction of sp³-hybridized carbons (Fsp3) is 0.0702. The third-order valence-corrected chi connectivity index (χ3v) is 16.0. The second-order valence-electron chi connectivity index (χ2n) is 17.0. The first-order valence-electron chi connectivity index (χ1n) is 22.0. The number of allylic oxidation sites excluding steroid dienone is 2. The first kappa shape index (κ1) is 36.2. The van der Waals surface area contributed by atoms with Gasteiger partial charge in [0.15, 0.2) is 0 Å². The summed E-state index contributed by atoms with van der Waals surface area (Å²) in [7, 11) is 0. The zero-order valence-corrected chi connectivity index (χ0v) is 36.2. The number of nitrogens with zero attached hydrogens (tertiary/aromatic N) is 5. The molecule has 0 spiro atoms. The van der Waals surface area contributed by atoms with Gasteiger partial charge in [0.05, 0.1) is 39.5 Å². The minimum absolute atomic E-state index is 0.296. The van der Waals surface area contributed by atoms with E-state index < -0.39 is 0 Å². The van der Waals surface area contributed by atoms with Crippen LogP contribution in [0.2, 0.25) is 0 Å². The van der Waals surface area contributed by atoms with Crippen LogP contribution in [0.25, 0.3) is 99.4 Å². The molecule has 0 fully saturated rings. The third kappa shape index (κ3) is 5.41. The fourth-order valence-corrected chi connectivity index (χ4v) is 13.5. The molecule has 0 bridgehead atoms. The van der Waals surface area contributed by atoms with Gasteiger partial charge < -0.3 is 9.13 Å². The first-order chi connectivity index (χ1) is 31.7. The monoisotopic (exact) mass is 855 g/mol. The van der Waals surface area contributed by atoms with E-state index in [2.05, 4.69) is 149 Å². The quantitative estimate of drug-likeness (QED) is 0.173. The molecule has 6 aromatic heterocycles. The van der Waals surface area contributed by atoms with Crippen molar-refractivity contribution in [2.24, 2.45) is 0 Å². The van der Waals surface area contributed by atoms with E-state index in [0.717, 1.165) is 58.1 Å². The molecule has 0 N–H and O–H groups in total. The maximum absolute atomic E-state index is 5.18. The summed E-state index contributed by atoms with van der Waals surface area (Å²) in [5, 5.41) is 5.59. The number of hydrogen-bond donors (Lipinski definition) is 0. The van der Waals surface area contributed by atoms with E-state index in [1.165, 1.54) is 75.0 Å². The number of pyridine rings is 3. The van der Waals surface area contributed by atoms with Crippen LogP contribution in [-0.4, -0.2) is 24.1 Å². The van der Waals surface area contributed by atoms with Crippen molar-refractivity contribution in [1.82, 2.24) is 24.1 Å². The molecule has 1 aliphatic heterocycles. The second-order valence-corrected chi connectivity index (χ2v) is 19.2. The van der Waals surface area contributed by atoms with Crippen LogP contribution in [-0.2, 0) is 6.42 Å². The van der Waals surface area contributed by atoms with Crippen LogP contribution in [0.4, 0.5) is 0 Å². The van der Waals surface area contributed by atoms with E-state index in [0.29, 0.717) is 11.2 Å². The third-order valence-electron chi connectivity index (χ3n) is 13.4. The van der Waals surface area contributed by atoms with Crippen molar-refractivity contribution in [3.8, 4) is 45.3 Å². The van der Waals surface area contributed by atoms with Crippen LogP contribution < -0.4 is 0 Å². The van der Waals surface area contributed by atoms with Gasteiger partial charge in [-0.3, -0.25) is 9.97 Å². The maximum Gasteiger partial charge on any atom is 0.0900 e. The van der Waals surface area contributed by atoms with Crippen molar-refractivity contribution >= 4 is 77.2 Å². The van der Waals surface area contributed by atoms with Crippen molar-refractivity contribution in [3.63, 3.8) is 0 Å². The Hall–Kier alpha value is -7.32. The lowest BCUT2D eigenvalue weighted by atomic mass is 9.86. The lowest BCUT2D eigenvalue weighted by molar-refractivity contribution is 0.817. The van der Waals surface area contributed by atoms with Gasteiger partial charge in [-0.25, -0.2) is 4.98 Å². The van der Waals surface area contributed by atoms with Gasteiger partial charge in [0.2, 0.25) is 0 Å². The molecule has 3 aliphatic rings. The van der Waals surface area contributed by atoms with Gasteiger partial charge in [0.1, 0.15) is 0 Å². The molecule has 0 saturated carbocycles. The minimum atomic E-state index is 0.296. The normalized spacial score (nSPS) is 16.1. The summed E-state index contributed by atoms with van der Waals surface area (Å²) in [4.78, 5) is 16.1. The molecule has 2 atom stereocenters. The van der Waals surface area contributed by atoms with E-state index in [4.69, 9.17) is 15.0 Å². The van der Waals surface area contributed by atoms with Gasteiger partial charge in [-0.1, -0.05) is 91.0 Å². The van der Waals surface area contributed by atoms with Gasteiger partial charge in [0, 0.05) is 82.0 Å². The Labute approximate surface area is 377 Å². The Morgan fingerprint density at radius 1 is 0.578 bits per heavy atom. The van der Waals surface area contributed by atoms with Crippen molar-refractivity contribution in [2.75, 3.05) is 0 Å². The van der Waals surface area contributed by atoms with Crippen molar-refractivity contribution in [2.45, 2.75) is 28.9 Å². The van der Waals surface area contributed by atoms with E-state index in [9.17, 15) is 0 Å². The molecule has 14 rings (SSSR count). The highest BCUT2D eigenvalue weighted by Gasteiger charge is 2.39. The fourth-order valence-electron chi connectivity index (χ4n) is 10.7. The first-order valence-corrected chi connectivity index (χ1v) is 23.7. The lowest BCUT2D eigenvalue weighted by Gasteiger charge is -2.23. The molecule has 302 valence electrons. The van der Waals surface area contributed by atoms with Crippen LogP contribution in [0, 0.1) is 0 Å². The average Bonchev–Trinajstić information content (AvgIpc) is 4.12. The zero-order chi connectivity index (χ0) is 41.9. The van der Waals surface area contributed by atoms with Crippen molar-refractivity contribution in [3.05, 3.63) is 204 Å². The van der Waals surface area contributed by atoms with Crippen LogP contribution in [0.15, 0.2) is 181 Å². The highest BCUT2D eigenvalue weighted by molar-refractivity contribution is 8.00. The number of aromatic nitrogens is 5. The summed E-state index contributed by atoms with van der Waals surface area (Å²) in [6.45, 7) is 0. The lowest BCUT2D eigenvalue weighted by Crippen LogP contribution is -2.09. The Morgan fingerprint density at radius 3 is 2.11 bits per heavy atom. The molecule has 2 aliphatic carbocycles. The van der Waals surface area contributed by atoms with Gasteiger partial charge >= 0.3 is 0 Å². The Kier molecular flexibility index (Phi) is 7.97. The second kappa shape index (κ2) is 14.1. The molecular formula is C57H37N5S2. The molecule has 2 unspecified atom stereocenters. The molecule has 0 amide bonds.